The van der Waals surface area contributed by atoms with Crippen molar-refractivity contribution in [3.05, 3.63) is 47.5 Å². The molecule has 0 heterocycles. The van der Waals surface area contributed by atoms with Crippen LogP contribution >= 0.6 is 11.8 Å². The number of hydrogen-bond acceptors (Lipinski definition) is 8. The van der Waals surface area contributed by atoms with Crippen molar-refractivity contribution in [1.29, 1.82) is 0 Å². The molecule has 0 aromatic heterocycles. The number of methoxy groups -OCH3 is 1. The first-order valence-electron chi connectivity index (χ1n) is 13.4. The van der Waals surface area contributed by atoms with Gasteiger partial charge in [-0.2, -0.15) is 11.8 Å². The van der Waals surface area contributed by atoms with Crippen LogP contribution in [0.5, 0.6) is 0 Å². The molecule has 37 heavy (non-hydrogen) atoms. The predicted octanol–water partition coefficient (Wildman–Crippen LogP) is 4.12. The lowest BCUT2D eigenvalue weighted by molar-refractivity contribution is -0.145. The van der Waals surface area contributed by atoms with Crippen LogP contribution in [0, 0.1) is 11.8 Å². The average Bonchev–Trinajstić information content (AvgIpc) is 3.14. The summed E-state index contributed by atoms with van der Waals surface area (Å²) in [6.45, 7) is 4.06. The number of Topliss-reactive ketones (excluding diaryl/α,β-unsaturated/α-hetero) is 1. The second-order valence-electron chi connectivity index (χ2n) is 9.52. The van der Waals surface area contributed by atoms with Gasteiger partial charge in [0.05, 0.1) is 25.4 Å². The topological polar surface area (TPSA) is 102 Å². The zero-order chi connectivity index (χ0) is 26.9. The second-order valence-corrected chi connectivity index (χ2v) is 10.7. The van der Waals surface area contributed by atoms with Crippen molar-refractivity contribution in [3.8, 4) is 0 Å². The summed E-state index contributed by atoms with van der Waals surface area (Å²) in [5.41, 5.74) is 2.06. The first kappa shape index (κ1) is 31.5. The highest BCUT2D eigenvalue weighted by molar-refractivity contribution is 7.99. The molecule has 0 saturated heterocycles. The van der Waals surface area contributed by atoms with Gasteiger partial charge < -0.3 is 24.4 Å². The summed E-state index contributed by atoms with van der Waals surface area (Å²) in [7, 11) is 1.65. The van der Waals surface area contributed by atoms with E-state index in [1.54, 1.807) is 24.9 Å². The lowest BCUT2D eigenvalue weighted by atomic mass is 9.91. The molecule has 2 rings (SSSR count). The Bertz CT molecular complexity index is 828. The SMILES string of the molecule is CCCCOCCOC(=O)CCCSCCC1C(=O)CC(O)C1C=CC(O)Cc1cccc(COC)c1. The average molecular weight is 537 g/mol. The van der Waals surface area contributed by atoms with Gasteiger partial charge in [0, 0.05) is 44.8 Å². The van der Waals surface area contributed by atoms with E-state index in [-0.39, 0.29) is 30.0 Å². The number of unbranched alkanes of at least 4 members (excludes halogenated alkanes) is 1. The molecule has 4 unspecified atom stereocenters. The minimum absolute atomic E-state index is 0.0780. The van der Waals surface area contributed by atoms with E-state index < -0.39 is 12.2 Å². The quantitative estimate of drug-likeness (QED) is 0.155. The molecule has 0 spiro atoms. The molecule has 1 aliphatic rings. The maximum atomic E-state index is 12.5. The summed E-state index contributed by atoms with van der Waals surface area (Å²) < 4.78 is 15.7. The number of thioether (sulfide) groups is 1. The molecule has 0 aliphatic heterocycles. The number of ketones is 1. The minimum Gasteiger partial charge on any atom is -0.463 e. The normalized spacial score (nSPS) is 20.5. The van der Waals surface area contributed by atoms with Crippen molar-refractivity contribution in [2.75, 3.05) is 38.4 Å². The van der Waals surface area contributed by atoms with Crippen molar-refractivity contribution >= 4 is 23.5 Å². The van der Waals surface area contributed by atoms with Crippen molar-refractivity contribution in [2.24, 2.45) is 11.8 Å². The van der Waals surface area contributed by atoms with E-state index in [1.807, 2.05) is 30.3 Å². The van der Waals surface area contributed by atoms with Gasteiger partial charge >= 0.3 is 5.97 Å². The third kappa shape index (κ3) is 12.6. The van der Waals surface area contributed by atoms with E-state index in [2.05, 4.69) is 6.92 Å². The van der Waals surface area contributed by atoms with E-state index in [1.165, 1.54) is 0 Å². The third-order valence-electron chi connectivity index (χ3n) is 6.41. The van der Waals surface area contributed by atoms with Gasteiger partial charge in [0.2, 0.25) is 0 Å². The van der Waals surface area contributed by atoms with Gasteiger partial charge in [-0.25, -0.2) is 0 Å². The van der Waals surface area contributed by atoms with Crippen LogP contribution in [0.15, 0.2) is 36.4 Å². The number of aliphatic hydroxyl groups excluding tert-OH is 2. The monoisotopic (exact) mass is 536 g/mol. The van der Waals surface area contributed by atoms with Gasteiger partial charge in [-0.1, -0.05) is 49.8 Å². The van der Waals surface area contributed by atoms with Gasteiger partial charge in [-0.3, -0.25) is 9.59 Å². The molecule has 0 radical (unpaired) electrons. The molecule has 1 saturated carbocycles. The molecule has 4 atom stereocenters. The first-order valence-corrected chi connectivity index (χ1v) is 14.5. The van der Waals surface area contributed by atoms with Gasteiger partial charge in [0.15, 0.2) is 0 Å². The number of rotatable bonds is 19. The number of aliphatic hydroxyl groups is 2. The van der Waals surface area contributed by atoms with Crippen LogP contribution in [-0.4, -0.2) is 72.6 Å². The predicted molar refractivity (Wildman–Crippen MR) is 146 cm³/mol. The minimum atomic E-state index is -0.711. The van der Waals surface area contributed by atoms with Gasteiger partial charge in [-0.05, 0) is 41.9 Å². The second kappa shape index (κ2) is 18.5. The Labute approximate surface area is 226 Å². The number of hydrogen-bond donors (Lipinski definition) is 2. The third-order valence-corrected chi connectivity index (χ3v) is 7.51. The number of esters is 1. The number of carbonyl (C=O) groups excluding carboxylic acids is 2. The molecule has 0 bridgehead atoms. The maximum Gasteiger partial charge on any atom is 0.305 e. The fourth-order valence-corrected chi connectivity index (χ4v) is 5.41. The van der Waals surface area contributed by atoms with Crippen LogP contribution in [0.3, 0.4) is 0 Å². The lowest BCUT2D eigenvalue weighted by Gasteiger charge is -2.18. The Morgan fingerprint density at radius 3 is 2.78 bits per heavy atom. The summed E-state index contributed by atoms with van der Waals surface area (Å²) in [5, 5.41) is 20.9. The van der Waals surface area contributed by atoms with Crippen LogP contribution in [0.25, 0.3) is 0 Å². The smallest absolute Gasteiger partial charge is 0.305 e. The van der Waals surface area contributed by atoms with E-state index in [9.17, 15) is 19.8 Å². The van der Waals surface area contributed by atoms with Crippen LogP contribution in [0.4, 0.5) is 0 Å². The van der Waals surface area contributed by atoms with Gasteiger partial charge in [0.1, 0.15) is 12.4 Å². The van der Waals surface area contributed by atoms with E-state index in [0.29, 0.717) is 45.7 Å². The highest BCUT2D eigenvalue weighted by Crippen LogP contribution is 2.34. The molecule has 1 fully saturated rings. The van der Waals surface area contributed by atoms with Crippen molar-refractivity contribution in [1.82, 2.24) is 0 Å². The lowest BCUT2D eigenvalue weighted by Crippen LogP contribution is -2.20. The number of carbonyl (C=O) groups is 2. The Hall–Kier alpha value is -1.71. The number of ether oxygens (including phenoxy) is 3. The van der Waals surface area contributed by atoms with E-state index >= 15 is 0 Å². The molecule has 0 amide bonds. The molecule has 1 aromatic carbocycles. The fraction of sp³-hybridized carbons (Fsp3) is 0.655. The molecule has 8 heteroatoms. The van der Waals surface area contributed by atoms with Crippen LogP contribution in [-0.2, 0) is 36.8 Å². The van der Waals surface area contributed by atoms with Crippen LogP contribution in [0.2, 0.25) is 0 Å². The zero-order valence-corrected chi connectivity index (χ0v) is 23.1. The molecule has 2 N–H and O–H groups in total. The molecule has 7 nitrogen and oxygen atoms in total. The first-order chi connectivity index (χ1) is 17.9. The Morgan fingerprint density at radius 1 is 1.19 bits per heavy atom. The summed E-state index contributed by atoms with van der Waals surface area (Å²) in [6, 6.07) is 7.90. The van der Waals surface area contributed by atoms with Gasteiger partial charge in [0.25, 0.3) is 0 Å². The van der Waals surface area contributed by atoms with Crippen LogP contribution < -0.4 is 0 Å². The van der Waals surface area contributed by atoms with Crippen LogP contribution in [0.1, 0.15) is 56.6 Å². The maximum absolute atomic E-state index is 12.5. The molecular formula is C29H44O7S. The van der Waals surface area contributed by atoms with E-state index in [0.717, 1.165) is 41.9 Å². The molecule has 208 valence electrons. The van der Waals surface area contributed by atoms with Crippen molar-refractivity contribution in [3.63, 3.8) is 0 Å². The Kier molecular flexibility index (Phi) is 15.8. The van der Waals surface area contributed by atoms with Crippen molar-refractivity contribution in [2.45, 2.75) is 70.7 Å². The summed E-state index contributed by atoms with van der Waals surface area (Å²) in [6.07, 6.45) is 6.60. The molecular weight excluding hydrogens is 492 g/mol. The largest absolute Gasteiger partial charge is 0.463 e. The van der Waals surface area contributed by atoms with Crippen molar-refractivity contribution < 1.29 is 34.0 Å². The number of benzene rings is 1. The van der Waals surface area contributed by atoms with Gasteiger partial charge in [-0.15, -0.1) is 0 Å². The fourth-order valence-electron chi connectivity index (χ4n) is 4.44. The van der Waals surface area contributed by atoms with E-state index in [4.69, 9.17) is 14.2 Å². The highest BCUT2D eigenvalue weighted by atomic mass is 32.2. The zero-order valence-electron chi connectivity index (χ0n) is 22.3. The molecule has 1 aromatic rings. The Morgan fingerprint density at radius 2 is 2.00 bits per heavy atom. The standard InChI is InChI=1S/C29H44O7S/c1-3-4-13-35-14-15-36-29(33)9-6-16-37-17-12-26-25(27(31)20-28(26)32)11-10-24(30)19-22-7-5-8-23(18-22)21-34-2/h5,7-8,10-11,18,24-27,30-31H,3-4,6,9,12-17,19-21H2,1-2H3. The highest BCUT2D eigenvalue weighted by Gasteiger charge is 2.39. The summed E-state index contributed by atoms with van der Waals surface area (Å²) in [5.74, 6) is 0.943. The summed E-state index contributed by atoms with van der Waals surface area (Å²) in [4.78, 5) is 24.3. The molecule has 1 aliphatic carbocycles. The summed E-state index contributed by atoms with van der Waals surface area (Å²) >= 11 is 1.71. The Balaban J connectivity index is 1.67.